The van der Waals surface area contributed by atoms with Crippen LogP contribution in [0.25, 0.3) is 11.3 Å². The number of fused-ring (bicyclic) bond motifs is 1. The van der Waals surface area contributed by atoms with Crippen LogP contribution in [0.3, 0.4) is 0 Å². The molecule has 2 amide bonds. The predicted octanol–water partition coefficient (Wildman–Crippen LogP) is 6.82. The Balaban J connectivity index is 1.18. The normalized spacial score (nSPS) is 14.2. The van der Waals surface area contributed by atoms with Crippen molar-refractivity contribution in [1.29, 1.82) is 0 Å². The number of urea groups is 1. The van der Waals surface area contributed by atoms with E-state index in [4.69, 9.17) is 25.8 Å². The second-order valence-corrected chi connectivity index (χ2v) is 9.22. The van der Waals surface area contributed by atoms with Crippen molar-refractivity contribution < 1.29 is 19.0 Å². The van der Waals surface area contributed by atoms with Gasteiger partial charge >= 0.3 is 6.03 Å². The van der Waals surface area contributed by atoms with E-state index >= 15 is 0 Å². The molecule has 8 heteroatoms. The molecule has 2 N–H and O–H groups in total. The maximum Gasteiger partial charge on any atom is 0.340 e. The first-order chi connectivity index (χ1) is 18.6. The zero-order valence-electron chi connectivity index (χ0n) is 20.3. The number of hydrazine groups is 1. The summed E-state index contributed by atoms with van der Waals surface area (Å²) < 4.78 is 17.3. The highest BCUT2D eigenvalue weighted by molar-refractivity contribution is 6.30. The minimum absolute atomic E-state index is 0.280. The number of nitrogens with zero attached hydrogens (tertiary/aromatic N) is 1. The molecule has 0 radical (unpaired) electrons. The van der Waals surface area contributed by atoms with Crippen LogP contribution in [0.4, 0.5) is 10.5 Å². The quantitative estimate of drug-likeness (QED) is 0.299. The molecule has 0 aliphatic carbocycles. The summed E-state index contributed by atoms with van der Waals surface area (Å²) in [5.74, 6) is 2.74. The Morgan fingerprint density at radius 3 is 2.24 bits per heavy atom. The van der Waals surface area contributed by atoms with Crippen molar-refractivity contribution in [2.75, 3.05) is 25.1 Å². The fourth-order valence-electron chi connectivity index (χ4n) is 4.35. The van der Waals surface area contributed by atoms with Crippen LogP contribution in [0.15, 0.2) is 97.1 Å². The molecule has 6 rings (SSSR count). The number of ether oxygens (including phenoxy) is 3. The summed E-state index contributed by atoms with van der Waals surface area (Å²) in [6.07, 6.45) is 0. The van der Waals surface area contributed by atoms with E-state index < -0.39 is 0 Å². The van der Waals surface area contributed by atoms with Crippen LogP contribution in [0.2, 0.25) is 5.02 Å². The highest BCUT2D eigenvalue weighted by Crippen LogP contribution is 2.36. The lowest BCUT2D eigenvalue weighted by atomic mass is 10.0. The lowest BCUT2D eigenvalue weighted by Crippen LogP contribution is -2.40. The molecule has 2 heterocycles. The minimum atomic E-state index is -0.280. The van der Waals surface area contributed by atoms with Crippen LogP contribution in [-0.2, 0) is 0 Å². The van der Waals surface area contributed by atoms with Crippen LogP contribution in [0.1, 0.15) is 11.1 Å². The van der Waals surface area contributed by atoms with Crippen molar-refractivity contribution in [3.63, 3.8) is 0 Å². The molecular weight excluding hydrogens is 502 g/mol. The summed E-state index contributed by atoms with van der Waals surface area (Å²) >= 11 is 5.94. The number of nitrogens with one attached hydrogen (secondary N) is 2. The standard InChI is InChI=1S/C30H24ClN3O4/c31-22-7-11-24(12-8-22)38-25-13-9-23(10-14-25)32-30(35)34-19-26(20-4-2-1-3-5-20)29(33-34)21-6-15-27-28(18-21)37-17-16-36-27/h1-15,18,33H,16-17,19H2,(H,32,35). The van der Waals surface area contributed by atoms with E-state index in [2.05, 4.69) is 10.7 Å². The molecule has 4 aromatic carbocycles. The first kappa shape index (κ1) is 23.8. The second kappa shape index (κ2) is 10.4. The zero-order valence-corrected chi connectivity index (χ0v) is 21.1. The molecule has 0 bridgehead atoms. The van der Waals surface area contributed by atoms with Crippen molar-refractivity contribution in [3.8, 4) is 23.0 Å². The molecular formula is C30H24ClN3O4. The number of anilines is 1. The summed E-state index contributed by atoms with van der Waals surface area (Å²) in [6.45, 7) is 1.43. The summed E-state index contributed by atoms with van der Waals surface area (Å²) in [5.41, 5.74) is 7.74. The van der Waals surface area contributed by atoms with Gasteiger partial charge in [-0.05, 0) is 72.3 Å². The van der Waals surface area contributed by atoms with Gasteiger partial charge in [-0.15, -0.1) is 0 Å². The van der Waals surface area contributed by atoms with Gasteiger partial charge in [0.25, 0.3) is 0 Å². The molecule has 0 aromatic heterocycles. The van der Waals surface area contributed by atoms with Gasteiger partial charge in [-0.3, -0.25) is 5.43 Å². The van der Waals surface area contributed by atoms with Gasteiger partial charge in [-0.2, -0.15) is 0 Å². The number of amides is 2. The van der Waals surface area contributed by atoms with E-state index in [1.165, 1.54) is 0 Å². The molecule has 190 valence electrons. The molecule has 7 nitrogen and oxygen atoms in total. The third-order valence-corrected chi connectivity index (χ3v) is 6.47. The third kappa shape index (κ3) is 5.10. The summed E-state index contributed by atoms with van der Waals surface area (Å²) in [6, 6.07) is 29.9. The van der Waals surface area contributed by atoms with E-state index in [1.54, 1.807) is 53.5 Å². The molecule has 0 fully saturated rings. The van der Waals surface area contributed by atoms with E-state index in [9.17, 15) is 4.79 Å². The first-order valence-corrected chi connectivity index (χ1v) is 12.6. The number of hydrogen-bond acceptors (Lipinski definition) is 5. The van der Waals surface area contributed by atoms with E-state index in [1.807, 2.05) is 48.5 Å². The average Bonchev–Trinajstić information content (AvgIpc) is 3.41. The minimum Gasteiger partial charge on any atom is -0.486 e. The highest BCUT2D eigenvalue weighted by atomic mass is 35.5. The van der Waals surface area contributed by atoms with Gasteiger partial charge in [-0.1, -0.05) is 41.9 Å². The number of carbonyl (C=O) groups excluding carboxylic acids is 1. The van der Waals surface area contributed by atoms with E-state index in [-0.39, 0.29) is 6.03 Å². The van der Waals surface area contributed by atoms with Crippen molar-refractivity contribution in [2.24, 2.45) is 0 Å². The summed E-state index contributed by atoms with van der Waals surface area (Å²) in [4.78, 5) is 13.2. The van der Waals surface area contributed by atoms with Crippen molar-refractivity contribution in [3.05, 3.63) is 113 Å². The fraction of sp³-hybridized carbons (Fsp3) is 0.100. The molecule has 0 spiro atoms. The maximum absolute atomic E-state index is 13.2. The van der Waals surface area contributed by atoms with Gasteiger partial charge in [0, 0.05) is 21.8 Å². The Kier molecular flexibility index (Phi) is 6.50. The van der Waals surface area contributed by atoms with Crippen LogP contribution in [0, 0.1) is 0 Å². The van der Waals surface area contributed by atoms with Gasteiger partial charge in [-0.25, -0.2) is 9.80 Å². The van der Waals surface area contributed by atoms with Crippen LogP contribution in [-0.4, -0.2) is 30.8 Å². The van der Waals surface area contributed by atoms with Gasteiger partial charge < -0.3 is 19.5 Å². The third-order valence-electron chi connectivity index (χ3n) is 6.22. The SMILES string of the molecule is O=C(Nc1ccc(Oc2ccc(Cl)cc2)cc1)N1CC(c2ccccc2)=C(c2ccc3c(c2)OCCO3)N1. The maximum atomic E-state index is 13.2. The van der Waals surface area contributed by atoms with Crippen molar-refractivity contribution >= 4 is 34.6 Å². The largest absolute Gasteiger partial charge is 0.486 e. The molecule has 0 saturated heterocycles. The summed E-state index contributed by atoms with van der Waals surface area (Å²) in [7, 11) is 0. The van der Waals surface area contributed by atoms with Crippen LogP contribution in [0.5, 0.6) is 23.0 Å². The molecule has 38 heavy (non-hydrogen) atoms. The number of carbonyl (C=O) groups is 1. The number of halogens is 1. The number of rotatable bonds is 5. The van der Waals surface area contributed by atoms with Crippen LogP contribution < -0.4 is 25.0 Å². The lowest BCUT2D eigenvalue weighted by molar-refractivity contribution is 0.171. The molecule has 0 unspecified atom stereocenters. The van der Waals surface area contributed by atoms with Crippen molar-refractivity contribution in [1.82, 2.24) is 10.4 Å². The smallest absolute Gasteiger partial charge is 0.340 e. The zero-order chi connectivity index (χ0) is 25.9. The average molecular weight is 526 g/mol. The first-order valence-electron chi connectivity index (χ1n) is 12.2. The van der Waals surface area contributed by atoms with E-state index in [0.717, 1.165) is 28.1 Å². The molecule has 2 aliphatic heterocycles. The van der Waals surface area contributed by atoms with Crippen molar-refractivity contribution in [2.45, 2.75) is 0 Å². The molecule has 0 saturated carbocycles. The molecule has 2 aliphatic rings. The molecule has 0 atom stereocenters. The number of hydrogen-bond donors (Lipinski definition) is 2. The Bertz CT molecular complexity index is 1490. The Morgan fingerprint density at radius 2 is 1.50 bits per heavy atom. The van der Waals surface area contributed by atoms with E-state index in [0.29, 0.717) is 47.7 Å². The Morgan fingerprint density at radius 1 is 0.816 bits per heavy atom. The highest BCUT2D eigenvalue weighted by Gasteiger charge is 2.28. The Hall–Kier alpha value is -4.62. The summed E-state index contributed by atoms with van der Waals surface area (Å²) in [5, 5.41) is 5.16. The van der Waals surface area contributed by atoms with Gasteiger partial charge in [0.2, 0.25) is 0 Å². The van der Waals surface area contributed by atoms with Crippen LogP contribution >= 0.6 is 11.6 Å². The fourth-order valence-corrected chi connectivity index (χ4v) is 4.48. The van der Waals surface area contributed by atoms with Gasteiger partial charge in [0.1, 0.15) is 24.7 Å². The lowest BCUT2D eigenvalue weighted by Gasteiger charge is -2.21. The Labute approximate surface area is 225 Å². The second-order valence-electron chi connectivity index (χ2n) is 8.79. The number of benzene rings is 4. The predicted molar refractivity (Wildman–Crippen MR) is 148 cm³/mol. The monoisotopic (exact) mass is 525 g/mol. The molecule has 4 aromatic rings. The van der Waals surface area contributed by atoms with Gasteiger partial charge in [0.15, 0.2) is 11.5 Å². The topological polar surface area (TPSA) is 72.1 Å². The van der Waals surface area contributed by atoms with Gasteiger partial charge in [0.05, 0.1) is 12.2 Å².